The van der Waals surface area contributed by atoms with Crippen LogP contribution >= 0.6 is 0 Å². The second kappa shape index (κ2) is 4.12. The number of aromatic nitrogens is 2. The minimum absolute atomic E-state index is 0.0517. The van der Waals surface area contributed by atoms with Gasteiger partial charge in [0, 0.05) is 0 Å². The molecule has 0 fully saturated rings. The Hall–Kier alpha value is -1.85. The van der Waals surface area contributed by atoms with E-state index in [-0.39, 0.29) is 12.4 Å². The van der Waals surface area contributed by atoms with E-state index in [9.17, 15) is 9.59 Å². The largest absolute Gasteiger partial charge is 0.443 e. The van der Waals surface area contributed by atoms with Crippen molar-refractivity contribution in [1.82, 2.24) is 9.55 Å². The third kappa shape index (κ3) is 3.41. The van der Waals surface area contributed by atoms with Crippen LogP contribution in [0.4, 0.5) is 4.79 Å². The van der Waals surface area contributed by atoms with Gasteiger partial charge in [0.25, 0.3) is 6.47 Å². The van der Waals surface area contributed by atoms with Gasteiger partial charge in [0.2, 0.25) is 5.88 Å². The first-order valence-electron chi connectivity index (χ1n) is 4.30. The fourth-order valence-corrected chi connectivity index (χ4v) is 0.829. The summed E-state index contributed by atoms with van der Waals surface area (Å²) in [4.78, 5) is 25.1. The number of hydrogen-bond acceptors (Lipinski definition) is 5. The molecule has 0 N–H and O–H groups in total. The molecule has 0 unspecified atom stereocenters. The maximum absolute atomic E-state index is 11.4. The Morgan fingerprint density at radius 2 is 2.20 bits per heavy atom. The van der Waals surface area contributed by atoms with Gasteiger partial charge in [0.1, 0.15) is 11.9 Å². The molecule has 0 amide bonds. The highest BCUT2D eigenvalue weighted by Gasteiger charge is 2.18. The molecule has 1 heterocycles. The molecule has 0 bridgehead atoms. The van der Waals surface area contributed by atoms with Crippen molar-refractivity contribution in [3.8, 4) is 5.88 Å². The van der Waals surface area contributed by atoms with Crippen LogP contribution in [0.2, 0.25) is 0 Å². The third-order valence-corrected chi connectivity index (χ3v) is 1.33. The van der Waals surface area contributed by atoms with Crippen LogP contribution in [0.25, 0.3) is 0 Å². The lowest BCUT2D eigenvalue weighted by Crippen LogP contribution is -2.26. The standard InChI is InChI=1S/C9H12N2O4/c1-9(2,3)15-8(13)11-4-7(10-5-11)14-6-12/h4-6H,1-3H3. The lowest BCUT2D eigenvalue weighted by atomic mass is 10.2. The van der Waals surface area contributed by atoms with E-state index in [1.807, 2.05) is 0 Å². The number of imidazole rings is 1. The number of carbonyl (C=O) groups is 2. The van der Waals surface area contributed by atoms with Crippen LogP contribution in [0.1, 0.15) is 20.8 Å². The number of nitrogens with zero attached hydrogens (tertiary/aromatic N) is 2. The first-order valence-corrected chi connectivity index (χ1v) is 4.30. The van der Waals surface area contributed by atoms with Crippen LogP contribution in [0.15, 0.2) is 12.5 Å². The Morgan fingerprint density at radius 3 is 2.73 bits per heavy atom. The van der Waals surface area contributed by atoms with Crippen molar-refractivity contribution >= 4 is 12.6 Å². The van der Waals surface area contributed by atoms with Crippen molar-refractivity contribution in [2.45, 2.75) is 26.4 Å². The van der Waals surface area contributed by atoms with Crippen LogP contribution in [-0.4, -0.2) is 27.7 Å². The predicted molar refractivity (Wildman–Crippen MR) is 50.6 cm³/mol. The Labute approximate surface area is 86.8 Å². The van der Waals surface area contributed by atoms with E-state index in [0.717, 1.165) is 4.57 Å². The zero-order valence-corrected chi connectivity index (χ0v) is 8.76. The lowest BCUT2D eigenvalue weighted by molar-refractivity contribution is -0.120. The molecular weight excluding hydrogens is 200 g/mol. The lowest BCUT2D eigenvalue weighted by Gasteiger charge is -2.18. The molecule has 0 aliphatic rings. The number of ether oxygens (including phenoxy) is 2. The minimum Gasteiger partial charge on any atom is -0.443 e. The Balaban J connectivity index is 2.70. The summed E-state index contributed by atoms with van der Waals surface area (Å²) in [5.74, 6) is 0.0517. The number of hydrogen-bond donors (Lipinski definition) is 0. The average Bonchev–Trinajstić information content (AvgIpc) is 2.50. The summed E-state index contributed by atoms with van der Waals surface area (Å²) in [6.07, 6.45) is 1.91. The van der Waals surface area contributed by atoms with Crippen molar-refractivity contribution in [1.29, 1.82) is 0 Å². The van der Waals surface area contributed by atoms with E-state index in [1.54, 1.807) is 20.8 Å². The SMILES string of the molecule is CC(C)(C)OC(=O)n1cnc(OC=O)c1. The van der Waals surface area contributed by atoms with Crippen LogP contribution in [0.5, 0.6) is 5.88 Å². The zero-order chi connectivity index (χ0) is 11.5. The summed E-state index contributed by atoms with van der Waals surface area (Å²) >= 11 is 0. The second-order valence-corrected chi connectivity index (χ2v) is 3.81. The van der Waals surface area contributed by atoms with E-state index in [1.165, 1.54) is 12.5 Å². The highest BCUT2D eigenvalue weighted by molar-refractivity contribution is 5.71. The minimum atomic E-state index is -0.576. The van der Waals surface area contributed by atoms with Crippen LogP contribution in [-0.2, 0) is 9.53 Å². The summed E-state index contributed by atoms with van der Waals surface area (Å²) in [5.41, 5.74) is -0.576. The highest BCUT2D eigenvalue weighted by Crippen LogP contribution is 2.11. The van der Waals surface area contributed by atoms with Gasteiger partial charge in [-0.25, -0.2) is 14.3 Å². The summed E-state index contributed by atoms with van der Waals surface area (Å²) in [6, 6.07) is 0. The van der Waals surface area contributed by atoms with E-state index < -0.39 is 11.7 Å². The smallest absolute Gasteiger partial charge is 0.419 e. The van der Waals surface area contributed by atoms with Gasteiger partial charge < -0.3 is 9.47 Å². The normalized spacial score (nSPS) is 10.9. The van der Waals surface area contributed by atoms with E-state index in [4.69, 9.17) is 4.74 Å². The number of rotatable bonds is 2. The van der Waals surface area contributed by atoms with Crippen molar-refractivity contribution in [2.24, 2.45) is 0 Å². The first-order chi connectivity index (χ1) is 6.92. The zero-order valence-electron chi connectivity index (χ0n) is 8.76. The van der Waals surface area contributed by atoms with Crippen molar-refractivity contribution in [2.75, 3.05) is 0 Å². The van der Waals surface area contributed by atoms with E-state index >= 15 is 0 Å². The fourth-order valence-electron chi connectivity index (χ4n) is 0.829. The molecule has 15 heavy (non-hydrogen) atoms. The number of carbonyl (C=O) groups excluding carboxylic acids is 2. The van der Waals surface area contributed by atoms with Crippen molar-refractivity contribution in [3.63, 3.8) is 0 Å². The van der Waals surface area contributed by atoms with Gasteiger partial charge in [-0.15, -0.1) is 0 Å². The monoisotopic (exact) mass is 212 g/mol. The van der Waals surface area contributed by atoms with Gasteiger partial charge in [-0.3, -0.25) is 4.79 Å². The molecule has 6 nitrogen and oxygen atoms in total. The van der Waals surface area contributed by atoms with E-state index in [0.29, 0.717) is 0 Å². The van der Waals surface area contributed by atoms with Gasteiger partial charge in [-0.05, 0) is 20.8 Å². The van der Waals surface area contributed by atoms with Crippen LogP contribution in [0, 0.1) is 0 Å². The van der Waals surface area contributed by atoms with Crippen LogP contribution in [0.3, 0.4) is 0 Å². The molecule has 0 aliphatic heterocycles. The molecule has 0 spiro atoms. The van der Waals surface area contributed by atoms with Gasteiger partial charge in [0.15, 0.2) is 0 Å². The van der Waals surface area contributed by atoms with Gasteiger partial charge in [0.05, 0.1) is 6.20 Å². The van der Waals surface area contributed by atoms with Gasteiger partial charge in [-0.2, -0.15) is 0 Å². The third-order valence-electron chi connectivity index (χ3n) is 1.33. The highest BCUT2D eigenvalue weighted by atomic mass is 16.6. The van der Waals surface area contributed by atoms with Crippen molar-refractivity contribution < 1.29 is 19.1 Å². The topological polar surface area (TPSA) is 70.4 Å². The molecule has 0 aliphatic carbocycles. The molecule has 6 heteroatoms. The predicted octanol–water partition coefficient (Wildman–Crippen LogP) is 1.20. The fraction of sp³-hybridized carbons (Fsp3) is 0.444. The van der Waals surface area contributed by atoms with E-state index in [2.05, 4.69) is 9.72 Å². The molecule has 0 aromatic carbocycles. The molecular formula is C9H12N2O4. The summed E-state index contributed by atoms with van der Waals surface area (Å²) < 4.78 is 10.6. The summed E-state index contributed by atoms with van der Waals surface area (Å²) in [5, 5.41) is 0. The van der Waals surface area contributed by atoms with Crippen LogP contribution < -0.4 is 4.74 Å². The summed E-state index contributed by atoms with van der Waals surface area (Å²) in [6.45, 7) is 5.50. The molecule has 0 saturated carbocycles. The molecule has 1 aromatic rings. The van der Waals surface area contributed by atoms with Gasteiger partial charge in [-0.1, -0.05) is 0 Å². The molecule has 0 saturated heterocycles. The Bertz CT molecular complexity index is 364. The summed E-state index contributed by atoms with van der Waals surface area (Å²) in [7, 11) is 0. The Morgan fingerprint density at radius 1 is 1.53 bits per heavy atom. The molecule has 1 rings (SSSR count). The maximum atomic E-state index is 11.4. The second-order valence-electron chi connectivity index (χ2n) is 3.81. The quantitative estimate of drug-likeness (QED) is 0.689. The van der Waals surface area contributed by atoms with Gasteiger partial charge >= 0.3 is 6.09 Å². The molecule has 1 aromatic heterocycles. The first kappa shape index (κ1) is 11.2. The molecule has 82 valence electrons. The maximum Gasteiger partial charge on any atom is 0.419 e. The average molecular weight is 212 g/mol. The van der Waals surface area contributed by atoms with Crippen molar-refractivity contribution in [3.05, 3.63) is 12.5 Å². The Kier molecular flexibility index (Phi) is 3.08. The molecule has 0 atom stereocenters. The molecule has 0 radical (unpaired) electrons.